The van der Waals surface area contributed by atoms with E-state index >= 15 is 0 Å². The third-order valence-electron chi connectivity index (χ3n) is 2.02. The first-order chi connectivity index (χ1) is 6.05. The Kier molecular flexibility index (Phi) is 1.47. The fourth-order valence-electron chi connectivity index (χ4n) is 1.33. The van der Waals surface area contributed by atoms with Gasteiger partial charge in [0, 0.05) is 7.05 Å². The molecule has 0 saturated heterocycles. The Hall–Kier alpha value is -1.36. The van der Waals surface area contributed by atoms with Crippen molar-refractivity contribution in [3.63, 3.8) is 0 Å². The number of anilines is 1. The van der Waals surface area contributed by atoms with E-state index in [-0.39, 0.29) is 4.90 Å². The predicted octanol–water partition coefficient (Wildman–Crippen LogP) is 1.03. The first-order valence-electron chi connectivity index (χ1n) is 3.67. The molecular weight excluding hydrogens is 190 g/mol. The standard InChI is InChI=1S/C8H7NO3S/c1-9-6-4-2-3-5-7(6)13(11,12)8(9)10/h2-5H,1H3. The Morgan fingerprint density at radius 1 is 1.23 bits per heavy atom. The summed E-state index contributed by atoms with van der Waals surface area (Å²) in [6, 6.07) is 6.34. The smallest absolute Gasteiger partial charge is 0.301 e. The van der Waals surface area contributed by atoms with Crippen molar-refractivity contribution < 1.29 is 13.2 Å². The molecule has 0 aromatic heterocycles. The Bertz CT molecular complexity index is 478. The lowest BCUT2D eigenvalue weighted by atomic mass is 10.3. The number of fused-ring (bicyclic) bond motifs is 1. The molecule has 68 valence electrons. The van der Waals surface area contributed by atoms with Crippen molar-refractivity contribution in [3.8, 4) is 0 Å². The summed E-state index contributed by atoms with van der Waals surface area (Å²) in [6.45, 7) is 0. The largest absolute Gasteiger partial charge is 0.348 e. The zero-order valence-corrected chi connectivity index (χ0v) is 7.71. The van der Waals surface area contributed by atoms with Crippen molar-refractivity contribution in [2.24, 2.45) is 0 Å². The van der Waals surface area contributed by atoms with Gasteiger partial charge in [0.2, 0.25) is 0 Å². The van der Waals surface area contributed by atoms with Gasteiger partial charge in [-0.2, -0.15) is 0 Å². The average Bonchev–Trinajstić information content (AvgIpc) is 2.30. The number of carbonyl (C=O) groups is 1. The number of hydrogen-bond donors (Lipinski definition) is 0. The normalized spacial score (nSPS) is 18.8. The molecule has 1 aromatic rings. The predicted molar refractivity (Wildman–Crippen MR) is 47.4 cm³/mol. The molecule has 0 radical (unpaired) electrons. The summed E-state index contributed by atoms with van der Waals surface area (Å²) in [5, 5.41) is -0.853. The molecule has 0 aliphatic carbocycles. The van der Waals surface area contributed by atoms with Crippen LogP contribution in [0.15, 0.2) is 29.2 Å². The minimum atomic E-state index is -3.75. The molecule has 0 spiro atoms. The molecule has 0 fully saturated rings. The van der Waals surface area contributed by atoms with E-state index in [9.17, 15) is 13.2 Å². The van der Waals surface area contributed by atoms with Gasteiger partial charge in [0.25, 0.3) is 9.84 Å². The summed E-state index contributed by atoms with van der Waals surface area (Å²) >= 11 is 0. The van der Waals surface area contributed by atoms with Gasteiger partial charge in [0.05, 0.1) is 5.69 Å². The second-order valence-corrected chi connectivity index (χ2v) is 4.59. The number of benzene rings is 1. The van der Waals surface area contributed by atoms with Crippen LogP contribution in [0.5, 0.6) is 0 Å². The maximum atomic E-state index is 11.4. The van der Waals surface area contributed by atoms with Crippen LogP contribution in [-0.2, 0) is 9.84 Å². The van der Waals surface area contributed by atoms with Gasteiger partial charge in [0.1, 0.15) is 4.90 Å². The van der Waals surface area contributed by atoms with E-state index in [2.05, 4.69) is 0 Å². The second kappa shape index (κ2) is 2.32. The highest BCUT2D eigenvalue weighted by molar-refractivity contribution is 8.07. The van der Waals surface area contributed by atoms with Crippen LogP contribution in [0.2, 0.25) is 0 Å². The van der Waals surface area contributed by atoms with Gasteiger partial charge in [-0.25, -0.2) is 8.42 Å². The van der Waals surface area contributed by atoms with Crippen LogP contribution < -0.4 is 4.90 Å². The van der Waals surface area contributed by atoms with E-state index in [0.29, 0.717) is 5.69 Å². The summed E-state index contributed by atoms with van der Waals surface area (Å²) in [7, 11) is -2.30. The van der Waals surface area contributed by atoms with Crippen LogP contribution in [0.25, 0.3) is 0 Å². The Labute approximate surface area is 75.7 Å². The van der Waals surface area contributed by atoms with E-state index in [1.165, 1.54) is 13.1 Å². The lowest BCUT2D eigenvalue weighted by molar-refractivity contribution is 0.264. The molecule has 13 heavy (non-hydrogen) atoms. The highest BCUT2D eigenvalue weighted by atomic mass is 32.2. The summed E-state index contributed by atoms with van der Waals surface area (Å²) in [5.41, 5.74) is 0.451. The zero-order chi connectivity index (χ0) is 9.64. The number of carbonyl (C=O) groups excluding carboxylic acids is 1. The van der Waals surface area contributed by atoms with E-state index in [0.717, 1.165) is 4.90 Å². The summed E-state index contributed by atoms with van der Waals surface area (Å²) in [5.74, 6) is 0. The summed E-state index contributed by atoms with van der Waals surface area (Å²) in [4.78, 5) is 12.5. The average molecular weight is 197 g/mol. The molecule has 1 heterocycles. The monoisotopic (exact) mass is 197 g/mol. The van der Waals surface area contributed by atoms with Crippen molar-refractivity contribution in [2.45, 2.75) is 4.90 Å². The maximum Gasteiger partial charge on any atom is 0.348 e. The minimum Gasteiger partial charge on any atom is -0.301 e. The third-order valence-corrected chi connectivity index (χ3v) is 3.68. The molecule has 0 unspecified atom stereocenters. The number of sulfone groups is 1. The maximum absolute atomic E-state index is 11.4. The van der Waals surface area contributed by atoms with Crippen molar-refractivity contribution in [1.82, 2.24) is 0 Å². The molecule has 1 amide bonds. The Morgan fingerprint density at radius 2 is 1.85 bits per heavy atom. The molecule has 1 aliphatic rings. The lowest BCUT2D eigenvalue weighted by Gasteiger charge is -2.05. The fourth-order valence-corrected chi connectivity index (χ4v) is 2.72. The van der Waals surface area contributed by atoms with Gasteiger partial charge in [-0.1, -0.05) is 12.1 Å². The number of para-hydroxylation sites is 1. The quantitative estimate of drug-likeness (QED) is 0.624. The van der Waals surface area contributed by atoms with Crippen molar-refractivity contribution in [3.05, 3.63) is 24.3 Å². The Morgan fingerprint density at radius 3 is 2.46 bits per heavy atom. The second-order valence-electron chi connectivity index (χ2n) is 2.80. The minimum absolute atomic E-state index is 0.0995. The lowest BCUT2D eigenvalue weighted by Crippen LogP contribution is -2.23. The third kappa shape index (κ3) is 0.904. The van der Waals surface area contributed by atoms with Gasteiger partial charge in [-0.05, 0) is 12.1 Å². The van der Waals surface area contributed by atoms with Crippen LogP contribution in [0, 0.1) is 0 Å². The molecule has 0 N–H and O–H groups in total. The Balaban J connectivity index is 2.83. The zero-order valence-electron chi connectivity index (χ0n) is 6.89. The fraction of sp³-hybridized carbons (Fsp3) is 0.125. The molecule has 0 bridgehead atoms. The number of rotatable bonds is 0. The van der Waals surface area contributed by atoms with E-state index in [4.69, 9.17) is 0 Å². The highest BCUT2D eigenvalue weighted by Crippen LogP contribution is 2.33. The van der Waals surface area contributed by atoms with Gasteiger partial charge in [-0.15, -0.1) is 0 Å². The molecule has 5 heteroatoms. The molecule has 1 aliphatic heterocycles. The molecular formula is C8H7NO3S. The van der Waals surface area contributed by atoms with Gasteiger partial charge in [0.15, 0.2) is 0 Å². The first-order valence-corrected chi connectivity index (χ1v) is 5.15. The topological polar surface area (TPSA) is 54.5 Å². The molecule has 4 nitrogen and oxygen atoms in total. The van der Waals surface area contributed by atoms with Gasteiger partial charge in [-0.3, -0.25) is 4.79 Å². The van der Waals surface area contributed by atoms with E-state index < -0.39 is 15.1 Å². The van der Waals surface area contributed by atoms with Crippen LogP contribution in [0.4, 0.5) is 10.5 Å². The molecule has 2 rings (SSSR count). The van der Waals surface area contributed by atoms with Gasteiger partial charge >= 0.3 is 5.24 Å². The van der Waals surface area contributed by atoms with Crippen molar-refractivity contribution in [2.75, 3.05) is 11.9 Å². The molecule has 0 atom stereocenters. The van der Waals surface area contributed by atoms with Crippen molar-refractivity contribution in [1.29, 1.82) is 0 Å². The number of nitrogens with zero attached hydrogens (tertiary/aromatic N) is 1. The van der Waals surface area contributed by atoms with Crippen LogP contribution >= 0.6 is 0 Å². The van der Waals surface area contributed by atoms with Crippen molar-refractivity contribution >= 4 is 20.8 Å². The molecule has 0 saturated carbocycles. The highest BCUT2D eigenvalue weighted by Gasteiger charge is 2.39. The summed E-state index contributed by atoms with van der Waals surface area (Å²) in [6.07, 6.45) is 0. The molecule has 1 aromatic carbocycles. The van der Waals surface area contributed by atoms with E-state index in [1.807, 2.05) is 0 Å². The first kappa shape index (κ1) is 8.25. The summed E-state index contributed by atoms with van der Waals surface area (Å²) < 4.78 is 22.8. The number of hydrogen-bond acceptors (Lipinski definition) is 3. The van der Waals surface area contributed by atoms with E-state index in [1.54, 1.807) is 18.2 Å². The SMILES string of the molecule is CN1C(=O)S(=O)(=O)c2ccccc21. The van der Waals surface area contributed by atoms with Crippen LogP contribution in [0.3, 0.4) is 0 Å². The van der Waals surface area contributed by atoms with Crippen LogP contribution in [-0.4, -0.2) is 20.7 Å². The number of amides is 1. The van der Waals surface area contributed by atoms with Gasteiger partial charge < -0.3 is 4.90 Å². The van der Waals surface area contributed by atoms with Crippen LogP contribution in [0.1, 0.15) is 0 Å².